The first-order chi connectivity index (χ1) is 10.9. The molecule has 1 aliphatic heterocycles. The molecule has 1 aliphatic rings. The number of amides is 1. The number of rotatable bonds is 4. The molecular formula is C14H18N4O3S2. The summed E-state index contributed by atoms with van der Waals surface area (Å²) < 4.78 is 27.1. The normalized spacial score (nSPS) is 18.5. The minimum atomic E-state index is -3.26. The van der Waals surface area contributed by atoms with Crippen molar-refractivity contribution in [3.8, 4) is 0 Å². The van der Waals surface area contributed by atoms with Gasteiger partial charge in [0.15, 0.2) is 0 Å². The second-order valence-corrected chi connectivity index (χ2v) is 8.43. The lowest BCUT2D eigenvalue weighted by Crippen LogP contribution is -2.38. The number of carbonyl (C=O) groups is 1. The van der Waals surface area contributed by atoms with Crippen LogP contribution in [0.4, 0.5) is 0 Å². The third-order valence-electron chi connectivity index (χ3n) is 3.72. The first-order valence-electron chi connectivity index (χ1n) is 7.20. The molecule has 0 saturated heterocycles. The number of hydrogen-bond donors (Lipinski definition) is 1. The SMILES string of the molecule is CS(=O)(=O)NC[C@@H]1CN(C(=O)c2cccs2)Cc2ccnn2C1. The fraction of sp³-hybridized carbons (Fsp3) is 0.429. The summed E-state index contributed by atoms with van der Waals surface area (Å²) in [5.74, 6) is -0.0613. The maximum atomic E-state index is 12.7. The van der Waals surface area contributed by atoms with E-state index in [1.54, 1.807) is 17.2 Å². The van der Waals surface area contributed by atoms with Crippen LogP contribution in [0.15, 0.2) is 29.8 Å². The molecule has 2 aromatic heterocycles. The number of nitrogens with one attached hydrogen (secondary N) is 1. The lowest BCUT2D eigenvalue weighted by atomic mass is 10.1. The number of carbonyl (C=O) groups excluding carboxylic acids is 1. The summed E-state index contributed by atoms with van der Waals surface area (Å²) in [6.45, 7) is 1.83. The lowest BCUT2D eigenvalue weighted by molar-refractivity contribution is 0.0727. The monoisotopic (exact) mass is 354 g/mol. The van der Waals surface area contributed by atoms with Gasteiger partial charge in [-0.15, -0.1) is 11.3 Å². The highest BCUT2D eigenvalue weighted by molar-refractivity contribution is 7.88. The van der Waals surface area contributed by atoms with Crippen molar-refractivity contribution in [2.75, 3.05) is 19.3 Å². The van der Waals surface area contributed by atoms with Crippen LogP contribution in [0.25, 0.3) is 0 Å². The largest absolute Gasteiger partial charge is 0.332 e. The van der Waals surface area contributed by atoms with E-state index < -0.39 is 10.0 Å². The van der Waals surface area contributed by atoms with Gasteiger partial charge in [0, 0.05) is 31.7 Å². The van der Waals surface area contributed by atoms with Crippen molar-refractivity contribution >= 4 is 27.3 Å². The van der Waals surface area contributed by atoms with Gasteiger partial charge in [-0.1, -0.05) is 6.07 Å². The van der Waals surface area contributed by atoms with E-state index in [1.165, 1.54) is 11.3 Å². The molecule has 0 aliphatic carbocycles. The Hall–Kier alpha value is -1.71. The first-order valence-corrected chi connectivity index (χ1v) is 9.97. The molecule has 7 nitrogen and oxygen atoms in total. The summed E-state index contributed by atoms with van der Waals surface area (Å²) in [6, 6.07) is 5.54. The quantitative estimate of drug-likeness (QED) is 0.879. The van der Waals surface area contributed by atoms with E-state index >= 15 is 0 Å². The van der Waals surface area contributed by atoms with Crippen molar-refractivity contribution in [1.29, 1.82) is 0 Å². The summed E-state index contributed by atoms with van der Waals surface area (Å²) in [4.78, 5) is 15.1. The van der Waals surface area contributed by atoms with Crippen LogP contribution in [0.1, 0.15) is 15.4 Å². The minimum Gasteiger partial charge on any atom is -0.332 e. The zero-order chi connectivity index (χ0) is 16.4. The van der Waals surface area contributed by atoms with E-state index in [1.807, 2.05) is 22.2 Å². The number of nitrogens with zero attached hydrogens (tertiary/aromatic N) is 3. The molecule has 0 aromatic carbocycles. The Morgan fingerprint density at radius 1 is 1.43 bits per heavy atom. The van der Waals surface area contributed by atoms with Crippen molar-refractivity contribution in [2.24, 2.45) is 5.92 Å². The highest BCUT2D eigenvalue weighted by Gasteiger charge is 2.27. The van der Waals surface area contributed by atoms with Gasteiger partial charge >= 0.3 is 0 Å². The number of hydrogen-bond acceptors (Lipinski definition) is 5. The van der Waals surface area contributed by atoms with Crippen LogP contribution in [-0.4, -0.2) is 48.4 Å². The Morgan fingerprint density at radius 3 is 2.96 bits per heavy atom. The Kier molecular flexibility index (Phi) is 4.51. The zero-order valence-corrected chi connectivity index (χ0v) is 14.3. The van der Waals surface area contributed by atoms with Gasteiger partial charge in [-0.2, -0.15) is 5.10 Å². The first kappa shape index (κ1) is 16.2. The van der Waals surface area contributed by atoms with E-state index in [-0.39, 0.29) is 18.4 Å². The molecule has 0 unspecified atom stereocenters. The van der Waals surface area contributed by atoms with E-state index in [2.05, 4.69) is 9.82 Å². The molecule has 0 bridgehead atoms. The van der Waals surface area contributed by atoms with Gasteiger partial charge in [-0.25, -0.2) is 13.1 Å². The van der Waals surface area contributed by atoms with Crippen molar-refractivity contribution in [1.82, 2.24) is 19.4 Å². The van der Waals surface area contributed by atoms with Crippen LogP contribution in [0.5, 0.6) is 0 Å². The molecule has 1 atom stereocenters. The second kappa shape index (κ2) is 6.42. The molecule has 1 amide bonds. The Labute approximate surface area is 139 Å². The fourth-order valence-electron chi connectivity index (χ4n) is 2.64. The van der Waals surface area contributed by atoms with Crippen LogP contribution in [0.3, 0.4) is 0 Å². The van der Waals surface area contributed by atoms with Gasteiger partial charge in [-0.05, 0) is 17.5 Å². The predicted octanol–water partition coefficient (Wildman–Crippen LogP) is 0.766. The van der Waals surface area contributed by atoms with E-state index in [4.69, 9.17) is 0 Å². The summed E-state index contributed by atoms with van der Waals surface area (Å²) in [5.41, 5.74) is 0.955. The number of fused-ring (bicyclic) bond motifs is 1. The number of thiophene rings is 1. The van der Waals surface area contributed by atoms with Crippen LogP contribution >= 0.6 is 11.3 Å². The molecule has 0 saturated carbocycles. The highest BCUT2D eigenvalue weighted by Crippen LogP contribution is 2.20. The van der Waals surface area contributed by atoms with Crippen molar-refractivity contribution < 1.29 is 13.2 Å². The molecule has 0 radical (unpaired) electrons. The molecular weight excluding hydrogens is 336 g/mol. The van der Waals surface area contributed by atoms with E-state index in [0.29, 0.717) is 24.5 Å². The van der Waals surface area contributed by atoms with Crippen molar-refractivity contribution in [2.45, 2.75) is 13.1 Å². The van der Waals surface area contributed by atoms with Gasteiger partial charge in [0.25, 0.3) is 5.91 Å². The highest BCUT2D eigenvalue weighted by atomic mass is 32.2. The van der Waals surface area contributed by atoms with Gasteiger partial charge in [0.1, 0.15) is 0 Å². The number of aromatic nitrogens is 2. The van der Waals surface area contributed by atoms with Gasteiger partial charge < -0.3 is 4.90 Å². The van der Waals surface area contributed by atoms with Crippen LogP contribution in [0, 0.1) is 5.92 Å². The van der Waals surface area contributed by atoms with Gasteiger partial charge in [-0.3, -0.25) is 9.48 Å². The molecule has 0 spiro atoms. The Bertz CT molecular complexity index is 783. The third kappa shape index (κ3) is 3.98. The van der Waals surface area contributed by atoms with Crippen molar-refractivity contribution in [3.63, 3.8) is 0 Å². The standard InChI is InChI=1S/C14H18N4O3S2/c1-23(20,21)16-7-11-8-17(14(19)13-3-2-6-22-13)10-12-4-5-15-18(12)9-11/h2-6,11,16H,7-10H2,1H3/t11-/m1/s1. The van der Waals surface area contributed by atoms with E-state index in [0.717, 1.165) is 11.9 Å². The van der Waals surface area contributed by atoms with Crippen LogP contribution in [0.2, 0.25) is 0 Å². The average Bonchev–Trinajstić information content (AvgIpc) is 3.12. The number of sulfonamides is 1. The molecule has 124 valence electrons. The molecule has 3 heterocycles. The molecule has 2 aromatic rings. The molecule has 3 rings (SSSR count). The van der Waals surface area contributed by atoms with Crippen LogP contribution < -0.4 is 4.72 Å². The maximum absolute atomic E-state index is 12.7. The summed E-state index contributed by atoms with van der Waals surface area (Å²) in [5, 5.41) is 6.15. The predicted molar refractivity (Wildman–Crippen MR) is 87.6 cm³/mol. The molecule has 1 N–H and O–H groups in total. The summed E-state index contributed by atoms with van der Waals surface area (Å²) in [6.07, 6.45) is 2.84. The summed E-state index contributed by atoms with van der Waals surface area (Å²) in [7, 11) is -3.26. The van der Waals surface area contributed by atoms with Gasteiger partial charge in [0.2, 0.25) is 10.0 Å². The van der Waals surface area contributed by atoms with Gasteiger partial charge in [0.05, 0.1) is 23.4 Å². The molecule has 9 heteroatoms. The smallest absolute Gasteiger partial charge is 0.264 e. The summed E-state index contributed by atoms with van der Waals surface area (Å²) >= 11 is 1.41. The van der Waals surface area contributed by atoms with Crippen molar-refractivity contribution in [3.05, 3.63) is 40.3 Å². The second-order valence-electron chi connectivity index (χ2n) is 5.65. The Morgan fingerprint density at radius 2 is 2.26 bits per heavy atom. The topological polar surface area (TPSA) is 84.3 Å². The minimum absolute atomic E-state index is 0.0287. The average molecular weight is 354 g/mol. The lowest BCUT2D eigenvalue weighted by Gasteiger charge is -2.23. The molecule has 23 heavy (non-hydrogen) atoms. The van der Waals surface area contributed by atoms with Crippen LogP contribution in [-0.2, 0) is 23.1 Å². The maximum Gasteiger partial charge on any atom is 0.264 e. The van der Waals surface area contributed by atoms with E-state index in [9.17, 15) is 13.2 Å². The third-order valence-corrected chi connectivity index (χ3v) is 5.27. The molecule has 0 fully saturated rings. The fourth-order valence-corrected chi connectivity index (χ4v) is 3.87. The zero-order valence-electron chi connectivity index (χ0n) is 12.7. The Balaban J connectivity index is 1.81.